The van der Waals surface area contributed by atoms with Gasteiger partial charge in [-0.15, -0.1) is 0 Å². The predicted molar refractivity (Wildman–Crippen MR) is 48.0 cm³/mol. The van der Waals surface area contributed by atoms with Crippen molar-refractivity contribution < 1.29 is 0 Å². The van der Waals surface area contributed by atoms with Gasteiger partial charge in [0, 0.05) is 0 Å². The molecule has 58 valence electrons. The second kappa shape index (κ2) is 4.32. The number of rotatable bonds is 3. The van der Waals surface area contributed by atoms with E-state index in [1.807, 2.05) is 0 Å². The molecule has 0 nitrogen and oxygen atoms in total. The average Bonchev–Trinajstić information content (AvgIpc) is 1.82. The van der Waals surface area contributed by atoms with Crippen molar-refractivity contribution in [1.29, 1.82) is 0 Å². The third-order valence-electron chi connectivity index (χ3n) is 1.72. The second-order valence-electron chi connectivity index (χ2n) is 3.26. The van der Waals surface area contributed by atoms with Gasteiger partial charge < -0.3 is 0 Å². The molecule has 0 N–H and O–H groups in total. The highest BCUT2D eigenvalue weighted by Gasteiger charge is 1.97. The summed E-state index contributed by atoms with van der Waals surface area (Å²) < 4.78 is 0. The van der Waals surface area contributed by atoms with Gasteiger partial charge in [0.05, 0.1) is 0 Å². The number of hydrogen-bond donors (Lipinski definition) is 0. The molecule has 0 spiro atoms. The van der Waals surface area contributed by atoms with Crippen LogP contribution in [0.4, 0.5) is 0 Å². The number of allylic oxidation sites excluding steroid dienone is 3. The largest absolute Gasteiger partial charge is 0.0999 e. The van der Waals surface area contributed by atoms with Gasteiger partial charge in [0.2, 0.25) is 0 Å². The van der Waals surface area contributed by atoms with Gasteiger partial charge in [-0.2, -0.15) is 0 Å². The van der Waals surface area contributed by atoms with E-state index >= 15 is 0 Å². The van der Waals surface area contributed by atoms with E-state index in [4.69, 9.17) is 0 Å². The standard InChI is InChI=1S/C10H18/c1-8(2)6-7-10(5)9(3)4/h6,10H,3,7H2,1-2,4-5H3/t10-/m0/s1. The maximum Gasteiger partial charge on any atom is -0.0202 e. The zero-order valence-corrected chi connectivity index (χ0v) is 7.57. The second-order valence-corrected chi connectivity index (χ2v) is 3.26. The Labute approximate surface area is 64.6 Å². The van der Waals surface area contributed by atoms with Crippen LogP contribution in [-0.2, 0) is 0 Å². The van der Waals surface area contributed by atoms with E-state index in [1.165, 1.54) is 11.1 Å². The molecule has 0 aromatic rings. The Hall–Kier alpha value is -0.520. The van der Waals surface area contributed by atoms with Crippen LogP contribution in [-0.4, -0.2) is 0 Å². The lowest BCUT2D eigenvalue weighted by Crippen LogP contribution is -1.92. The summed E-state index contributed by atoms with van der Waals surface area (Å²) in [6.07, 6.45) is 3.40. The molecule has 10 heavy (non-hydrogen) atoms. The molecule has 0 aliphatic heterocycles. The van der Waals surface area contributed by atoms with Crippen LogP contribution in [0.1, 0.15) is 34.1 Å². The third-order valence-corrected chi connectivity index (χ3v) is 1.72. The van der Waals surface area contributed by atoms with E-state index in [0.29, 0.717) is 5.92 Å². The summed E-state index contributed by atoms with van der Waals surface area (Å²) in [5.41, 5.74) is 2.67. The Morgan fingerprint density at radius 3 is 2.20 bits per heavy atom. The van der Waals surface area contributed by atoms with Crippen molar-refractivity contribution in [2.75, 3.05) is 0 Å². The summed E-state index contributed by atoms with van der Waals surface area (Å²) in [5, 5.41) is 0. The van der Waals surface area contributed by atoms with Crippen molar-refractivity contribution in [3.63, 3.8) is 0 Å². The van der Waals surface area contributed by atoms with Gasteiger partial charge in [-0.3, -0.25) is 0 Å². The summed E-state index contributed by atoms with van der Waals surface area (Å²) in [6.45, 7) is 12.5. The fourth-order valence-corrected chi connectivity index (χ4v) is 0.614. The smallest absolute Gasteiger partial charge is 0.0202 e. The maximum absolute atomic E-state index is 3.90. The van der Waals surface area contributed by atoms with E-state index in [1.54, 1.807) is 0 Å². The van der Waals surface area contributed by atoms with Crippen molar-refractivity contribution in [3.8, 4) is 0 Å². The molecule has 0 unspecified atom stereocenters. The van der Waals surface area contributed by atoms with Crippen molar-refractivity contribution in [1.82, 2.24) is 0 Å². The lowest BCUT2D eigenvalue weighted by molar-refractivity contribution is 0.695. The van der Waals surface area contributed by atoms with Gasteiger partial charge in [-0.05, 0) is 33.1 Å². The Balaban J connectivity index is 3.70. The van der Waals surface area contributed by atoms with Crippen LogP contribution in [0.2, 0.25) is 0 Å². The normalized spacial score (nSPS) is 12.4. The highest BCUT2D eigenvalue weighted by atomic mass is 14.0. The Bertz CT molecular complexity index is 136. The van der Waals surface area contributed by atoms with Crippen LogP contribution < -0.4 is 0 Å². The van der Waals surface area contributed by atoms with Crippen LogP contribution in [0.3, 0.4) is 0 Å². The molecule has 0 aliphatic rings. The Morgan fingerprint density at radius 2 is 1.90 bits per heavy atom. The summed E-state index contributed by atoms with van der Waals surface area (Å²) in [4.78, 5) is 0. The molecule has 0 radical (unpaired) electrons. The Kier molecular flexibility index (Phi) is 4.10. The summed E-state index contributed by atoms with van der Waals surface area (Å²) in [5.74, 6) is 0.634. The van der Waals surface area contributed by atoms with E-state index < -0.39 is 0 Å². The number of hydrogen-bond acceptors (Lipinski definition) is 0. The lowest BCUT2D eigenvalue weighted by Gasteiger charge is -2.06. The lowest BCUT2D eigenvalue weighted by atomic mass is 10.00. The molecule has 0 heteroatoms. The molecule has 0 aromatic heterocycles. The zero-order valence-electron chi connectivity index (χ0n) is 7.57. The highest BCUT2D eigenvalue weighted by molar-refractivity contribution is 5.01. The summed E-state index contributed by atoms with van der Waals surface area (Å²) >= 11 is 0. The first-order valence-electron chi connectivity index (χ1n) is 3.82. The maximum atomic E-state index is 3.90. The van der Waals surface area contributed by atoms with Crippen LogP contribution in [0.25, 0.3) is 0 Å². The topological polar surface area (TPSA) is 0 Å². The molecule has 1 atom stereocenters. The fourth-order valence-electron chi connectivity index (χ4n) is 0.614. The first-order valence-corrected chi connectivity index (χ1v) is 3.82. The molecule has 0 saturated carbocycles. The van der Waals surface area contributed by atoms with Gasteiger partial charge >= 0.3 is 0 Å². The fraction of sp³-hybridized carbons (Fsp3) is 0.600. The predicted octanol–water partition coefficient (Wildman–Crippen LogP) is 3.55. The minimum Gasteiger partial charge on any atom is -0.0999 e. The van der Waals surface area contributed by atoms with E-state index in [9.17, 15) is 0 Å². The van der Waals surface area contributed by atoms with Gasteiger partial charge in [0.15, 0.2) is 0 Å². The van der Waals surface area contributed by atoms with Crippen molar-refractivity contribution in [3.05, 3.63) is 23.8 Å². The van der Waals surface area contributed by atoms with Gasteiger partial charge in [0.25, 0.3) is 0 Å². The van der Waals surface area contributed by atoms with E-state index in [2.05, 4.69) is 40.3 Å². The van der Waals surface area contributed by atoms with Gasteiger partial charge in [-0.1, -0.05) is 30.7 Å². The van der Waals surface area contributed by atoms with Crippen LogP contribution >= 0.6 is 0 Å². The molecule has 0 aromatic carbocycles. The molecule has 0 amide bonds. The third kappa shape index (κ3) is 4.37. The molecular formula is C10H18. The minimum absolute atomic E-state index is 0.634. The monoisotopic (exact) mass is 138 g/mol. The molecule has 0 aliphatic carbocycles. The van der Waals surface area contributed by atoms with Gasteiger partial charge in [0.1, 0.15) is 0 Å². The average molecular weight is 138 g/mol. The molecule has 0 rings (SSSR count). The molecule has 0 bridgehead atoms. The zero-order chi connectivity index (χ0) is 8.15. The molecule has 0 saturated heterocycles. The van der Waals surface area contributed by atoms with Crippen molar-refractivity contribution >= 4 is 0 Å². The van der Waals surface area contributed by atoms with E-state index in [0.717, 1.165) is 6.42 Å². The quantitative estimate of drug-likeness (QED) is 0.523. The minimum atomic E-state index is 0.634. The highest BCUT2D eigenvalue weighted by Crippen LogP contribution is 2.12. The van der Waals surface area contributed by atoms with Crippen molar-refractivity contribution in [2.24, 2.45) is 5.92 Å². The molecule has 0 fully saturated rings. The molecular weight excluding hydrogens is 120 g/mol. The first kappa shape index (κ1) is 9.48. The van der Waals surface area contributed by atoms with Crippen LogP contribution in [0.5, 0.6) is 0 Å². The van der Waals surface area contributed by atoms with Crippen molar-refractivity contribution in [2.45, 2.75) is 34.1 Å². The first-order chi connectivity index (χ1) is 4.54. The van der Waals surface area contributed by atoms with Crippen LogP contribution in [0.15, 0.2) is 23.8 Å². The van der Waals surface area contributed by atoms with Gasteiger partial charge in [-0.25, -0.2) is 0 Å². The Morgan fingerprint density at radius 1 is 1.40 bits per heavy atom. The van der Waals surface area contributed by atoms with E-state index in [-0.39, 0.29) is 0 Å². The van der Waals surface area contributed by atoms with Crippen LogP contribution in [0, 0.1) is 5.92 Å². The summed E-state index contributed by atoms with van der Waals surface area (Å²) in [7, 11) is 0. The SMILES string of the molecule is C=C(C)[C@@H](C)CC=C(C)C. The summed E-state index contributed by atoms with van der Waals surface area (Å²) in [6, 6.07) is 0. The molecule has 0 heterocycles.